The summed E-state index contributed by atoms with van der Waals surface area (Å²) >= 11 is 0. The van der Waals surface area contributed by atoms with Gasteiger partial charge >= 0.3 is 0 Å². The lowest BCUT2D eigenvalue weighted by molar-refractivity contribution is 0.379. The number of nitrogens with zero attached hydrogens (tertiary/aromatic N) is 3. The Balaban J connectivity index is 1.54. The second kappa shape index (κ2) is 8.03. The van der Waals surface area contributed by atoms with Crippen molar-refractivity contribution in [1.82, 2.24) is 15.6 Å². The third kappa shape index (κ3) is 4.81. The minimum Gasteiger partial charge on any atom is -0.443 e. The molecular weight excluding hydrogens is 338 g/mol. The molecule has 6 heteroatoms. The SMILES string of the molecule is CN=C(NCc1ccc2c(c1)CCCN2C)NCc1ncc(C(C)(C)C)o1. The first kappa shape index (κ1) is 19.3. The second-order valence-corrected chi connectivity index (χ2v) is 8.14. The zero-order valence-corrected chi connectivity index (χ0v) is 17.1. The molecule has 6 nitrogen and oxygen atoms in total. The Bertz CT molecular complexity index is 803. The molecule has 0 saturated carbocycles. The van der Waals surface area contributed by atoms with Crippen molar-refractivity contribution in [3.8, 4) is 0 Å². The second-order valence-electron chi connectivity index (χ2n) is 8.14. The van der Waals surface area contributed by atoms with Crippen LogP contribution < -0.4 is 15.5 Å². The van der Waals surface area contributed by atoms with E-state index < -0.39 is 0 Å². The number of guanidine groups is 1. The summed E-state index contributed by atoms with van der Waals surface area (Å²) in [6.07, 6.45) is 4.18. The van der Waals surface area contributed by atoms with Gasteiger partial charge in [0.05, 0.1) is 12.7 Å². The first-order chi connectivity index (χ1) is 12.9. The minimum absolute atomic E-state index is 0.0360. The molecule has 0 fully saturated rings. The standard InChI is InChI=1S/C21H31N5O/c1-21(2,3)18-13-23-19(27-18)14-25-20(22-4)24-12-15-8-9-17-16(11-15)7-6-10-26(17)5/h8-9,11,13H,6-7,10,12,14H2,1-5H3,(H2,22,24,25). The van der Waals surface area contributed by atoms with Crippen molar-refractivity contribution in [2.24, 2.45) is 4.99 Å². The number of oxazole rings is 1. The molecule has 2 N–H and O–H groups in total. The third-order valence-corrected chi connectivity index (χ3v) is 4.88. The first-order valence-corrected chi connectivity index (χ1v) is 9.59. The number of anilines is 1. The van der Waals surface area contributed by atoms with Gasteiger partial charge in [-0.15, -0.1) is 0 Å². The summed E-state index contributed by atoms with van der Waals surface area (Å²) in [4.78, 5) is 11.0. The molecule has 2 heterocycles. The fraction of sp³-hybridized carbons (Fsp3) is 0.524. The van der Waals surface area contributed by atoms with Crippen LogP contribution in [0.15, 0.2) is 33.8 Å². The number of aromatic nitrogens is 1. The van der Waals surface area contributed by atoms with Gasteiger partial charge in [-0.2, -0.15) is 0 Å². The van der Waals surface area contributed by atoms with Crippen LogP contribution in [0.2, 0.25) is 0 Å². The Morgan fingerprint density at radius 2 is 2.04 bits per heavy atom. The smallest absolute Gasteiger partial charge is 0.213 e. The Labute approximate surface area is 162 Å². The molecule has 1 aliphatic rings. The van der Waals surface area contributed by atoms with Gasteiger partial charge in [0, 0.05) is 38.3 Å². The molecule has 0 unspecified atom stereocenters. The van der Waals surface area contributed by atoms with E-state index in [1.54, 1.807) is 13.2 Å². The van der Waals surface area contributed by atoms with Crippen LogP contribution in [-0.2, 0) is 24.9 Å². The Hall–Kier alpha value is -2.50. The van der Waals surface area contributed by atoms with Gasteiger partial charge in [-0.05, 0) is 30.0 Å². The zero-order chi connectivity index (χ0) is 19.4. The normalized spacial score (nSPS) is 14.9. The van der Waals surface area contributed by atoms with E-state index in [1.165, 1.54) is 23.2 Å². The number of rotatable bonds is 4. The van der Waals surface area contributed by atoms with Crippen LogP contribution >= 0.6 is 0 Å². The Morgan fingerprint density at radius 3 is 2.74 bits per heavy atom. The molecule has 0 atom stereocenters. The summed E-state index contributed by atoms with van der Waals surface area (Å²) in [5.74, 6) is 2.29. The quantitative estimate of drug-likeness (QED) is 0.640. The van der Waals surface area contributed by atoms with E-state index in [9.17, 15) is 0 Å². The van der Waals surface area contributed by atoms with Gasteiger partial charge in [0.15, 0.2) is 5.96 Å². The van der Waals surface area contributed by atoms with Gasteiger partial charge < -0.3 is 20.0 Å². The zero-order valence-electron chi connectivity index (χ0n) is 17.1. The lowest BCUT2D eigenvalue weighted by Gasteiger charge is -2.28. The molecule has 0 amide bonds. The number of aliphatic imine (C=N–C) groups is 1. The monoisotopic (exact) mass is 369 g/mol. The van der Waals surface area contributed by atoms with E-state index in [-0.39, 0.29) is 5.41 Å². The minimum atomic E-state index is -0.0360. The molecule has 27 heavy (non-hydrogen) atoms. The van der Waals surface area contributed by atoms with Gasteiger partial charge in [0.25, 0.3) is 0 Å². The van der Waals surface area contributed by atoms with Crippen molar-refractivity contribution in [3.63, 3.8) is 0 Å². The van der Waals surface area contributed by atoms with Gasteiger partial charge in [0.2, 0.25) is 5.89 Å². The van der Waals surface area contributed by atoms with Gasteiger partial charge in [-0.3, -0.25) is 4.99 Å². The number of aryl methyl sites for hydroxylation is 1. The van der Waals surface area contributed by atoms with Crippen molar-refractivity contribution in [2.75, 3.05) is 25.5 Å². The highest BCUT2D eigenvalue weighted by molar-refractivity contribution is 5.79. The Kier molecular flexibility index (Phi) is 5.73. The number of benzene rings is 1. The molecule has 2 aromatic rings. The van der Waals surface area contributed by atoms with Gasteiger partial charge in [0.1, 0.15) is 5.76 Å². The van der Waals surface area contributed by atoms with Crippen molar-refractivity contribution >= 4 is 11.6 Å². The summed E-state index contributed by atoms with van der Waals surface area (Å²) in [5.41, 5.74) is 4.01. The topological polar surface area (TPSA) is 65.7 Å². The number of hydrogen-bond acceptors (Lipinski definition) is 4. The highest BCUT2D eigenvalue weighted by Gasteiger charge is 2.19. The van der Waals surface area contributed by atoms with E-state index in [2.05, 4.69) is 71.5 Å². The molecule has 3 rings (SSSR count). The van der Waals surface area contributed by atoms with Crippen LogP contribution in [0, 0.1) is 0 Å². The Morgan fingerprint density at radius 1 is 1.26 bits per heavy atom. The lowest BCUT2D eigenvalue weighted by atomic mass is 9.94. The summed E-state index contributed by atoms with van der Waals surface area (Å²) < 4.78 is 5.82. The average Bonchev–Trinajstić information content (AvgIpc) is 3.11. The van der Waals surface area contributed by atoms with Crippen LogP contribution in [0.4, 0.5) is 5.69 Å². The summed E-state index contributed by atoms with van der Waals surface area (Å²) in [6, 6.07) is 6.71. The molecule has 0 aliphatic carbocycles. The predicted octanol–water partition coefficient (Wildman–Crippen LogP) is 3.22. The molecule has 0 radical (unpaired) electrons. The molecule has 1 aromatic carbocycles. The molecule has 146 valence electrons. The third-order valence-electron chi connectivity index (χ3n) is 4.88. The van der Waals surface area contributed by atoms with Crippen LogP contribution in [-0.4, -0.2) is 31.6 Å². The predicted molar refractivity (Wildman–Crippen MR) is 110 cm³/mol. The highest BCUT2D eigenvalue weighted by atomic mass is 16.4. The van der Waals surface area contributed by atoms with Crippen molar-refractivity contribution in [3.05, 3.63) is 47.2 Å². The van der Waals surface area contributed by atoms with Gasteiger partial charge in [-0.25, -0.2) is 4.98 Å². The van der Waals surface area contributed by atoms with E-state index in [4.69, 9.17) is 4.42 Å². The van der Waals surface area contributed by atoms with Crippen molar-refractivity contribution in [1.29, 1.82) is 0 Å². The number of hydrogen-bond donors (Lipinski definition) is 2. The maximum Gasteiger partial charge on any atom is 0.213 e. The molecule has 1 aliphatic heterocycles. The maximum absolute atomic E-state index is 5.82. The van der Waals surface area contributed by atoms with Crippen molar-refractivity contribution < 1.29 is 4.42 Å². The first-order valence-electron chi connectivity index (χ1n) is 9.59. The molecule has 0 saturated heterocycles. The highest BCUT2D eigenvalue weighted by Crippen LogP contribution is 2.26. The van der Waals surface area contributed by atoms with Crippen LogP contribution in [0.1, 0.15) is 50.0 Å². The summed E-state index contributed by atoms with van der Waals surface area (Å²) in [6.45, 7) is 8.71. The van der Waals surface area contributed by atoms with E-state index in [0.717, 1.165) is 31.2 Å². The van der Waals surface area contributed by atoms with Crippen LogP contribution in [0.25, 0.3) is 0 Å². The lowest BCUT2D eigenvalue weighted by Crippen LogP contribution is -2.36. The van der Waals surface area contributed by atoms with Crippen molar-refractivity contribution in [2.45, 2.75) is 52.1 Å². The molecule has 1 aromatic heterocycles. The van der Waals surface area contributed by atoms with E-state index in [0.29, 0.717) is 12.4 Å². The number of nitrogens with one attached hydrogen (secondary N) is 2. The fourth-order valence-corrected chi connectivity index (χ4v) is 3.25. The van der Waals surface area contributed by atoms with Crippen LogP contribution in [0.3, 0.4) is 0 Å². The largest absolute Gasteiger partial charge is 0.443 e. The molecule has 0 spiro atoms. The molecule has 0 bridgehead atoms. The summed E-state index contributed by atoms with van der Waals surface area (Å²) in [7, 11) is 3.93. The maximum atomic E-state index is 5.82. The number of fused-ring (bicyclic) bond motifs is 1. The fourth-order valence-electron chi connectivity index (χ4n) is 3.25. The van der Waals surface area contributed by atoms with E-state index >= 15 is 0 Å². The van der Waals surface area contributed by atoms with E-state index in [1.807, 2.05) is 0 Å². The average molecular weight is 370 g/mol. The summed E-state index contributed by atoms with van der Waals surface area (Å²) in [5, 5.41) is 6.63. The van der Waals surface area contributed by atoms with Crippen LogP contribution in [0.5, 0.6) is 0 Å². The van der Waals surface area contributed by atoms with Gasteiger partial charge in [-0.1, -0.05) is 32.9 Å². The molecular formula is C21H31N5O.